The molecule has 1 aliphatic heterocycles. The molecule has 0 aromatic rings. The first-order chi connectivity index (χ1) is 2.77. The molecule has 6 heavy (non-hydrogen) atoms. The molecule has 1 fully saturated rings. The van der Waals surface area contributed by atoms with E-state index in [1.165, 1.54) is 0 Å². The van der Waals surface area contributed by atoms with Crippen LogP contribution in [-0.4, -0.2) is 15.7 Å². The van der Waals surface area contributed by atoms with Gasteiger partial charge in [0, 0.05) is 0 Å². The third-order valence-corrected chi connectivity index (χ3v) is 3.98. The molecule has 0 unspecified atom stereocenters. The molecule has 4 heteroatoms. The van der Waals surface area contributed by atoms with Crippen LogP contribution in [0.1, 0.15) is 0 Å². The van der Waals surface area contributed by atoms with E-state index in [0.717, 1.165) is 0 Å². The first-order valence-electron chi connectivity index (χ1n) is 1.61. The first-order valence-corrected chi connectivity index (χ1v) is 4.92. The van der Waals surface area contributed by atoms with E-state index in [4.69, 9.17) is 0 Å². The molecular weight excluding hydrogens is 119 g/mol. The maximum atomic E-state index is 10.3. The fraction of sp³-hybridized carbons (Fsp3) is 1.00. The minimum absolute atomic E-state index is 0.137. The number of hydrogen-bond donors (Lipinski definition) is 0. The predicted octanol–water partition coefficient (Wildman–Crippen LogP) is 0.491. The molecule has 0 atom stereocenters. The Kier molecular flexibility index (Phi) is 0.887. The molecule has 0 saturated carbocycles. The topological polar surface area (TPSA) is 34.1 Å². The SMILES string of the molecule is O=[P+]=S1(=O)CC1. The summed E-state index contributed by atoms with van der Waals surface area (Å²) in [6.07, 6.45) is 0. The molecule has 0 aliphatic carbocycles. The molecule has 1 saturated heterocycles. The normalized spacial score (nSPS) is 26.0. The molecule has 0 radical (unpaired) electrons. The van der Waals surface area contributed by atoms with Crippen LogP contribution in [0.15, 0.2) is 0 Å². The van der Waals surface area contributed by atoms with E-state index in [2.05, 4.69) is 0 Å². The zero-order valence-electron chi connectivity index (χ0n) is 3.09. The van der Waals surface area contributed by atoms with Gasteiger partial charge in [-0.1, -0.05) is 0 Å². The molecule has 0 aromatic heterocycles. The third-order valence-electron chi connectivity index (χ3n) is 0.689. The molecule has 34 valence electrons. The van der Waals surface area contributed by atoms with Crippen LogP contribution in [0.5, 0.6) is 0 Å². The van der Waals surface area contributed by atoms with Crippen LogP contribution in [0.2, 0.25) is 0 Å². The van der Waals surface area contributed by atoms with Gasteiger partial charge >= 0.3 is 36.6 Å². The van der Waals surface area contributed by atoms with Gasteiger partial charge in [0.1, 0.15) is 0 Å². The van der Waals surface area contributed by atoms with Crippen molar-refractivity contribution in [2.45, 2.75) is 0 Å². The second kappa shape index (κ2) is 1.17. The van der Waals surface area contributed by atoms with Gasteiger partial charge in [-0.15, -0.1) is 0 Å². The molecule has 0 bridgehead atoms. The Labute approximate surface area is 37.4 Å². The molecule has 0 aromatic carbocycles. The molecular formula is C2H4O2PS+. The summed E-state index contributed by atoms with van der Waals surface area (Å²) in [5, 5.41) is 0. The number of hydrogen-bond acceptors (Lipinski definition) is 2. The molecule has 0 N–H and O–H groups in total. The summed E-state index contributed by atoms with van der Waals surface area (Å²) in [6.45, 7) is 0. The molecule has 0 amide bonds. The van der Waals surface area contributed by atoms with Gasteiger partial charge in [0.15, 0.2) is 0 Å². The molecule has 1 rings (SSSR count). The fourth-order valence-electron chi connectivity index (χ4n) is 0.146. The zero-order valence-corrected chi connectivity index (χ0v) is 4.80. The van der Waals surface area contributed by atoms with Gasteiger partial charge in [-0.05, 0) is 0 Å². The third kappa shape index (κ3) is 0.713. The summed E-state index contributed by atoms with van der Waals surface area (Å²) in [6, 6.07) is 0. The van der Waals surface area contributed by atoms with E-state index < -0.39 is 9.11 Å². The van der Waals surface area contributed by atoms with Crippen molar-refractivity contribution in [3.05, 3.63) is 0 Å². The molecule has 1 heterocycles. The van der Waals surface area contributed by atoms with E-state index in [0.29, 0.717) is 11.5 Å². The Hall–Kier alpha value is 0.380. The van der Waals surface area contributed by atoms with Crippen LogP contribution in [-0.2, 0) is 13.7 Å². The van der Waals surface area contributed by atoms with Crippen molar-refractivity contribution in [1.29, 1.82) is 0 Å². The second-order valence-electron chi connectivity index (χ2n) is 1.26. The minimum atomic E-state index is -1.75. The Bertz CT molecular complexity index is 174. The van der Waals surface area contributed by atoms with Crippen molar-refractivity contribution in [2.24, 2.45) is 0 Å². The zero-order chi connectivity index (χ0) is 4.62. The Morgan fingerprint density at radius 3 is 2.00 bits per heavy atom. The van der Waals surface area contributed by atoms with Gasteiger partial charge in [0.05, 0.1) is 0 Å². The quantitative estimate of drug-likeness (QED) is 0.347. The Morgan fingerprint density at radius 2 is 2.00 bits per heavy atom. The molecule has 0 spiro atoms. The van der Waals surface area contributed by atoms with E-state index in [9.17, 15) is 8.77 Å². The standard InChI is InChI=1S/C2H4O2PS/c3-5-6(4)1-2-6/h1-2H2/q+1. The van der Waals surface area contributed by atoms with Crippen molar-refractivity contribution in [3.8, 4) is 0 Å². The second-order valence-corrected chi connectivity index (χ2v) is 6.21. The van der Waals surface area contributed by atoms with Crippen LogP contribution >= 0.6 is 7.24 Å². The van der Waals surface area contributed by atoms with Gasteiger partial charge in [-0.25, -0.2) is 0 Å². The summed E-state index contributed by atoms with van der Waals surface area (Å²) in [5.74, 6) is 1.36. The molecule has 2 nitrogen and oxygen atoms in total. The van der Waals surface area contributed by atoms with Crippen LogP contribution in [0.3, 0.4) is 0 Å². The van der Waals surface area contributed by atoms with Gasteiger partial charge < -0.3 is 0 Å². The van der Waals surface area contributed by atoms with Crippen molar-refractivity contribution >= 4 is 16.3 Å². The van der Waals surface area contributed by atoms with Gasteiger partial charge in [0.25, 0.3) is 0 Å². The summed E-state index contributed by atoms with van der Waals surface area (Å²) in [5.41, 5.74) is 0. The monoisotopic (exact) mass is 123 g/mol. The average Bonchev–Trinajstić information content (AvgIpc) is 2.22. The Balaban J connectivity index is 3.35. The van der Waals surface area contributed by atoms with Crippen LogP contribution in [0.4, 0.5) is 0 Å². The summed E-state index contributed by atoms with van der Waals surface area (Å²) >= 11 is 0. The fourth-order valence-corrected chi connectivity index (χ4v) is 1.98. The van der Waals surface area contributed by atoms with Crippen LogP contribution in [0, 0.1) is 0 Å². The first kappa shape index (κ1) is 4.54. The van der Waals surface area contributed by atoms with E-state index in [1.807, 2.05) is 0 Å². The van der Waals surface area contributed by atoms with Gasteiger partial charge in [-0.3, -0.25) is 0 Å². The average molecular weight is 123 g/mol. The summed E-state index contributed by atoms with van der Waals surface area (Å²) in [7, 11) is -1.88. The molecule has 1 aliphatic rings. The van der Waals surface area contributed by atoms with Crippen molar-refractivity contribution < 1.29 is 8.77 Å². The predicted molar refractivity (Wildman–Crippen MR) is 25.5 cm³/mol. The van der Waals surface area contributed by atoms with E-state index in [1.54, 1.807) is 0 Å². The van der Waals surface area contributed by atoms with Crippen LogP contribution < -0.4 is 0 Å². The van der Waals surface area contributed by atoms with Gasteiger partial charge in [0.2, 0.25) is 0 Å². The van der Waals surface area contributed by atoms with Crippen molar-refractivity contribution in [1.82, 2.24) is 0 Å². The number of rotatable bonds is 0. The maximum absolute atomic E-state index is 10.3. The van der Waals surface area contributed by atoms with Gasteiger partial charge in [-0.2, -0.15) is 0 Å². The van der Waals surface area contributed by atoms with E-state index in [-0.39, 0.29) is 7.24 Å². The van der Waals surface area contributed by atoms with Crippen LogP contribution in [0.25, 0.3) is 0 Å². The summed E-state index contributed by atoms with van der Waals surface area (Å²) < 4.78 is 20.1. The van der Waals surface area contributed by atoms with E-state index >= 15 is 0 Å². The Morgan fingerprint density at radius 1 is 1.50 bits per heavy atom. The summed E-state index contributed by atoms with van der Waals surface area (Å²) in [4.78, 5) is 0. The van der Waals surface area contributed by atoms with Crippen molar-refractivity contribution in [2.75, 3.05) is 11.5 Å². The van der Waals surface area contributed by atoms with Crippen molar-refractivity contribution in [3.63, 3.8) is 0 Å².